The highest BCUT2D eigenvalue weighted by molar-refractivity contribution is 6.09. The number of hydrogen-bond acceptors (Lipinski definition) is 11. The summed E-state index contributed by atoms with van der Waals surface area (Å²) in [6.07, 6.45) is 9.81. The first-order valence-electron chi connectivity index (χ1n) is 25.9. The SMILES string of the molecule is CC(C)n1cnc2cc(-c3ccc4c(c3)N([C@H]3C[C@@H](N(C)C)C3)C(=O)C43CCN(C(=O)C4CCN(C(=O)C5CCN(c6ccc(C7CCC(=O)NC7=O)cn6)CC5)CC4)CC3)nc(Nc3ccccc3F)c21. The van der Waals surface area contributed by atoms with Gasteiger partial charge in [0.15, 0.2) is 5.82 Å². The quantitative estimate of drug-likeness (QED) is 0.139. The Bertz CT molecular complexity index is 2930. The minimum Gasteiger partial charge on any atom is -0.357 e. The molecular weight excluding hydrogens is 914 g/mol. The minimum atomic E-state index is -0.751. The van der Waals surface area contributed by atoms with Crippen molar-refractivity contribution in [3.05, 3.63) is 90.1 Å². The van der Waals surface area contributed by atoms with E-state index in [-0.39, 0.29) is 65.2 Å². The first-order chi connectivity index (χ1) is 34.8. The van der Waals surface area contributed by atoms with Crippen molar-refractivity contribution in [1.29, 1.82) is 0 Å². The summed E-state index contributed by atoms with van der Waals surface area (Å²) in [5.74, 6) is 0.175. The summed E-state index contributed by atoms with van der Waals surface area (Å²) in [5, 5.41) is 5.68. The third-order valence-electron chi connectivity index (χ3n) is 16.8. The van der Waals surface area contributed by atoms with E-state index in [0.29, 0.717) is 114 Å². The summed E-state index contributed by atoms with van der Waals surface area (Å²) < 4.78 is 17.1. The van der Waals surface area contributed by atoms with Gasteiger partial charge in [-0.1, -0.05) is 30.3 Å². The molecule has 6 aliphatic rings. The summed E-state index contributed by atoms with van der Waals surface area (Å²) in [6, 6.07) is 19.1. The molecule has 0 radical (unpaired) electrons. The van der Waals surface area contributed by atoms with Gasteiger partial charge in [0.25, 0.3) is 0 Å². The van der Waals surface area contributed by atoms with Crippen molar-refractivity contribution >= 4 is 63.6 Å². The number of aromatic nitrogens is 4. The smallest absolute Gasteiger partial charge is 0.238 e. The van der Waals surface area contributed by atoms with Crippen molar-refractivity contribution in [1.82, 2.24) is 39.5 Å². The Morgan fingerprint density at radius 1 is 0.833 bits per heavy atom. The molecule has 5 aliphatic heterocycles. The van der Waals surface area contributed by atoms with Gasteiger partial charge in [-0.25, -0.2) is 19.3 Å². The number of para-hydroxylation sites is 1. The zero-order valence-electron chi connectivity index (χ0n) is 41.7. The van der Waals surface area contributed by atoms with Gasteiger partial charge in [0.05, 0.1) is 34.6 Å². The fraction of sp³-hybridized carbons (Fsp3) is 0.491. The molecule has 1 saturated carbocycles. The minimum absolute atomic E-state index is 0.0525. The standard InChI is InChI=1S/C55H64FN11O5/c1-33(2)66-32-58-45-30-44(60-50(49(45)66)59-43-8-6-5-7-42(43)56)36-9-12-41-46(27-36)67(39-28-38(29-39)62(3)4)54(72)55(41)19-25-65(26-20-55)53(71)35-17-23-64(24-18-35)52(70)34-15-21-63(22-16-34)47-13-10-37(31-57-47)40-11-14-48(68)61-51(40)69/h5-10,12-13,27,30-35,38-40H,11,14-26,28-29H2,1-4H3,(H,59,60)(H,61,68,69)/t38-,39+,40?. The van der Waals surface area contributed by atoms with E-state index < -0.39 is 5.41 Å². The third kappa shape index (κ3) is 8.56. The number of benzene rings is 2. The van der Waals surface area contributed by atoms with Crippen molar-refractivity contribution in [3.63, 3.8) is 0 Å². The van der Waals surface area contributed by atoms with Crippen molar-refractivity contribution in [2.75, 3.05) is 68.5 Å². The Balaban J connectivity index is 0.745. The molecule has 3 aromatic heterocycles. The van der Waals surface area contributed by atoms with Gasteiger partial charge in [-0.2, -0.15) is 0 Å². The molecule has 2 aromatic carbocycles. The number of amides is 5. The van der Waals surface area contributed by atoms with E-state index in [4.69, 9.17) is 9.97 Å². The molecule has 0 bridgehead atoms. The van der Waals surface area contributed by atoms with Crippen LogP contribution in [0.1, 0.15) is 101 Å². The molecule has 8 heterocycles. The van der Waals surface area contributed by atoms with Gasteiger partial charge >= 0.3 is 0 Å². The predicted octanol–water partition coefficient (Wildman–Crippen LogP) is 6.93. The summed E-state index contributed by atoms with van der Waals surface area (Å²) >= 11 is 0. The second-order valence-corrected chi connectivity index (χ2v) is 21.4. The Hall–Kier alpha value is -6.75. The van der Waals surface area contributed by atoms with Crippen LogP contribution >= 0.6 is 0 Å². The lowest BCUT2D eigenvalue weighted by atomic mass is 9.73. The second-order valence-electron chi connectivity index (χ2n) is 21.4. The highest BCUT2D eigenvalue weighted by Gasteiger charge is 2.56. The predicted molar refractivity (Wildman–Crippen MR) is 272 cm³/mol. The van der Waals surface area contributed by atoms with E-state index in [1.54, 1.807) is 30.7 Å². The number of anilines is 4. The van der Waals surface area contributed by atoms with Crippen LogP contribution in [0.3, 0.4) is 0 Å². The fourth-order valence-electron chi connectivity index (χ4n) is 12.3. The topological polar surface area (TPSA) is 169 Å². The van der Waals surface area contributed by atoms with Crippen LogP contribution in [0.25, 0.3) is 22.3 Å². The maximum absolute atomic E-state index is 15.1. The van der Waals surface area contributed by atoms with E-state index in [1.807, 2.05) is 38.6 Å². The largest absolute Gasteiger partial charge is 0.357 e. The van der Waals surface area contributed by atoms with Crippen molar-refractivity contribution < 1.29 is 28.4 Å². The van der Waals surface area contributed by atoms with Gasteiger partial charge in [-0.05, 0) is 127 Å². The van der Waals surface area contributed by atoms with E-state index in [2.05, 4.69) is 70.4 Å². The van der Waals surface area contributed by atoms with Crippen LogP contribution in [-0.2, 0) is 29.4 Å². The van der Waals surface area contributed by atoms with Gasteiger partial charge in [-0.3, -0.25) is 29.3 Å². The van der Waals surface area contributed by atoms with Crippen LogP contribution in [0.4, 0.5) is 27.4 Å². The van der Waals surface area contributed by atoms with Crippen molar-refractivity contribution in [3.8, 4) is 11.3 Å². The molecule has 1 aliphatic carbocycles. The molecule has 1 atom stereocenters. The number of imidazole rings is 1. The number of carbonyl (C=O) groups excluding carboxylic acids is 5. The average molecular weight is 978 g/mol. The number of carbonyl (C=O) groups is 5. The molecule has 376 valence electrons. The van der Waals surface area contributed by atoms with Crippen LogP contribution in [-0.4, -0.2) is 129 Å². The van der Waals surface area contributed by atoms with E-state index >= 15 is 9.18 Å². The van der Waals surface area contributed by atoms with Crippen LogP contribution < -0.4 is 20.4 Å². The summed E-state index contributed by atoms with van der Waals surface area (Å²) in [4.78, 5) is 92.0. The van der Waals surface area contributed by atoms with Crippen molar-refractivity contribution in [2.24, 2.45) is 11.8 Å². The summed E-state index contributed by atoms with van der Waals surface area (Å²) in [5.41, 5.74) is 5.27. The first-order valence-corrected chi connectivity index (χ1v) is 25.9. The number of rotatable bonds is 10. The molecule has 16 nitrogen and oxygen atoms in total. The van der Waals surface area contributed by atoms with Crippen LogP contribution in [0.2, 0.25) is 0 Å². The zero-order valence-corrected chi connectivity index (χ0v) is 41.7. The molecule has 4 saturated heterocycles. The third-order valence-corrected chi connectivity index (χ3v) is 16.8. The maximum Gasteiger partial charge on any atom is 0.238 e. The number of halogens is 1. The maximum atomic E-state index is 15.1. The molecule has 5 amide bonds. The number of hydrogen-bond donors (Lipinski definition) is 2. The van der Waals surface area contributed by atoms with Gasteiger partial charge in [0.2, 0.25) is 29.5 Å². The van der Waals surface area contributed by atoms with E-state index in [0.717, 1.165) is 52.1 Å². The zero-order chi connectivity index (χ0) is 50.0. The average Bonchev–Trinajstić information content (AvgIpc) is 3.91. The summed E-state index contributed by atoms with van der Waals surface area (Å²) in [7, 11) is 4.17. The Morgan fingerprint density at radius 2 is 1.53 bits per heavy atom. The van der Waals surface area contributed by atoms with Crippen LogP contribution in [0.5, 0.6) is 0 Å². The Kier molecular flexibility index (Phi) is 12.6. The number of likely N-dealkylation sites (tertiary alicyclic amines) is 2. The molecule has 5 aromatic rings. The molecule has 11 rings (SSSR count). The van der Waals surface area contributed by atoms with Gasteiger partial charge in [0.1, 0.15) is 17.2 Å². The van der Waals surface area contributed by atoms with Gasteiger partial charge in [0, 0.05) is 93.1 Å². The van der Waals surface area contributed by atoms with Crippen molar-refractivity contribution in [2.45, 2.75) is 108 Å². The van der Waals surface area contributed by atoms with Gasteiger partial charge < -0.3 is 34.4 Å². The normalized spacial score (nSPS) is 22.8. The second kappa shape index (κ2) is 19.0. The number of fused-ring (bicyclic) bond motifs is 3. The first kappa shape index (κ1) is 47.6. The van der Waals surface area contributed by atoms with E-state index in [1.165, 1.54) is 6.07 Å². The lowest BCUT2D eigenvalue weighted by Crippen LogP contribution is -2.57. The Labute approximate surface area is 419 Å². The highest BCUT2D eigenvalue weighted by atomic mass is 19.1. The summed E-state index contributed by atoms with van der Waals surface area (Å²) in [6.45, 7) is 7.62. The van der Waals surface area contributed by atoms with E-state index in [9.17, 15) is 19.2 Å². The molecule has 17 heteroatoms. The molecule has 1 spiro atoms. The molecule has 72 heavy (non-hydrogen) atoms. The lowest BCUT2D eigenvalue weighted by molar-refractivity contribution is -0.144. The van der Waals surface area contributed by atoms with Crippen LogP contribution in [0.15, 0.2) is 73.2 Å². The fourth-order valence-corrected chi connectivity index (χ4v) is 12.3. The number of pyridine rings is 2. The lowest BCUT2D eigenvalue weighted by Gasteiger charge is -2.45. The molecule has 5 fully saturated rings. The van der Waals surface area contributed by atoms with Crippen LogP contribution in [0, 0.1) is 17.7 Å². The molecule has 1 unspecified atom stereocenters. The Morgan fingerprint density at radius 3 is 2.18 bits per heavy atom. The number of piperidine rings is 4. The van der Waals surface area contributed by atoms with Gasteiger partial charge in [-0.15, -0.1) is 0 Å². The number of nitrogens with zero attached hydrogens (tertiary/aromatic N) is 9. The monoisotopic (exact) mass is 978 g/mol. The highest BCUT2D eigenvalue weighted by Crippen LogP contribution is 2.52. The number of nitrogens with one attached hydrogen (secondary N) is 2. The number of imide groups is 1. The molecule has 2 N–H and O–H groups in total. The molecular formula is C55H64FN11O5.